The fourth-order valence-corrected chi connectivity index (χ4v) is 2.75. The summed E-state index contributed by atoms with van der Waals surface area (Å²) in [5.41, 5.74) is 0.713. The van der Waals surface area contributed by atoms with E-state index in [4.69, 9.17) is 12.2 Å². The van der Waals surface area contributed by atoms with Gasteiger partial charge in [-0.3, -0.25) is 9.69 Å². The van der Waals surface area contributed by atoms with Gasteiger partial charge < -0.3 is 0 Å². The molecule has 3 nitrogen and oxygen atoms in total. The van der Waals surface area contributed by atoms with Gasteiger partial charge in [0.15, 0.2) is 0 Å². The van der Waals surface area contributed by atoms with Crippen molar-refractivity contribution in [3.05, 3.63) is 52.8 Å². The molecule has 1 amide bonds. The Hall–Kier alpha value is -1.66. The van der Waals surface area contributed by atoms with Crippen molar-refractivity contribution in [2.24, 2.45) is 10.9 Å². The zero-order valence-electron chi connectivity index (χ0n) is 10.1. The van der Waals surface area contributed by atoms with Crippen LogP contribution in [0, 0.1) is 11.7 Å². The fourth-order valence-electron chi connectivity index (χ4n) is 2.13. The van der Waals surface area contributed by atoms with Crippen molar-refractivity contribution >= 4 is 50.6 Å². The van der Waals surface area contributed by atoms with Gasteiger partial charge in [0.25, 0.3) is 0 Å². The van der Waals surface area contributed by atoms with Crippen LogP contribution in [0.15, 0.2) is 52.0 Å². The topological polar surface area (TPSA) is 32.7 Å². The van der Waals surface area contributed by atoms with E-state index >= 15 is 0 Å². The maximum absolute atomic E-state index is 14.0. The molecule has 100 valence electrons. The minimum Gasteiger partial charge on any atom is -0.273 e. The first-order chi connectivity index (χ1) is 9.58. The lowest BCUT2D eigenvalue weighted by Crippen LogP contribution is -2.46. The van der Waals surface area contributed by atoms with E-state index in [-0.39, 0.29) is 16.7 Å². The average molecular weight is 351 g/mol. The molecule has 1 aliphatic heterocycles. The molecule has 6 heteroatoms. The number of amides is 1. The highest BCUT2D eigenvalue weighted by molar-refractivity contribution is 9.10. The Morgan fingerprint density at radius 1 is 1.35 bits per heavy atom. The number of benzene rings is 1. The van der Waals surface area contributed by atoms with Gasteiger partial charge in [0.05, 0.1) is 17.3 Å². The number of thiocarbonyl (C=S) groups is 1. The maximum atomic E-state index is 14.0. The van der Waals surface area contributed by atoms with Crippen LogP contribution in [0.1, 0.15) is 0 Å². The summed E-state index contributed by atoms with van der Waals surface area (Å²) in [5, 5.41) is 0.0578. The van der Waals surface area contributed by atoms with Crippen LogP contribution in [0.2, 0.25) is 0 Å². The summed E-state index contributed by atoms with van der Waals surface area (Å²) in [6.45, 7) is 0. The lowest BCUT2D eigenvalue weighted by molar-refractivity contribution is -0.118. The summed E-state index contributed by atoms with van der Waals surface area (Å²) < 4.78 is 14.6. The first-order valence-electron chi connectivity index (χ1n) is 5.84. The first-order valence-corrected chi connectivity index (χ1v) is 7.04. The summed E-state index contributed by atoms with van der Waals surface area (Å²) in [6.07, 6.45) is 7.03. The highest BCUT2D eigenvalue weighted by atomic mass is 79.9. The van der Waals surface area contributed by atoms with Gasteiger partial charge >= 0.3 is 0 Å². The molecule has 0 saturated heterocycles. The van der Waals surface area contributed by atoms with Gasteiger partial charge in [-0.25, -0.2) is 9.38 Å². The Balaban J connectivity index is 2.08. The second kappa shape index (κ2) is 5.03. The molecule has 1 aliphatic carbocycles. The van der Waals surface area contributed by atoms with Crippen molar-refractivity contribution in [2.45, 2.75) is 0 Å². The Labute approximate surface area is 128 Å². The molecule has 0 aromatic heterocycles. The third kappa shape index (κ3) is 2.14. The number of carbonyl (C=O) groups excluding carboxylic acids is 1. The van der Waals surface area contributed by atoms with E-state index in [1.165, 1.54) is 12.1 Å². The van der Waals surface area contributed by atoms with Gasteiger partial charge in [-0.2, -0.15) is 0 Å². The first kappa shape index (κ1) is 13.3. The Kier molecular flexibility index (Phi) is 3.35. The normalized spacial score (nSPS) is 21.0. The van der Waals surface area contributed by atoms with Crippen LogP contribution in [0.4, 0.5) is 10.1 Å². The van der Waals surface area contributed by atoms with E-state index in [1.54, 1.807) is 30.4 Å². The second-order valence-electron chi connectivity index (χ2n) is 4.31. The van der Waals surface area contributed by atoms with Gasteiger partial charge in [-0.1, -0.05) is 34.2 Å². The van der Waals surface area contributed by atoms with Gasteiger partial charge in [0.1, 0.15) is 5.82 Å². The van der Waals surface area contributed by atoms with E-state index < -0.39 is 11.7 Å². The minimum atomic E-state index is -0.524. The van der Waals surface area contributed by atoms with Crippen molar-refractivity contribution in [3.8, 4) is 0 Å². The number of rotatable bonds is 1. The standard InChI is InChI=1S/C14H8BrFN2OS/c15-8-5-6-12(10(16)7-8)18-13(19)9-3-1-2-4-11(9)17-14(18)20/h1-7,9H. The van der Waals surface area contributed by atoms with Crippen LogP contribution in [-0.2, 0) is 4.79 Å². The molecule has 0 saturated carbocycles. The Bertz CT molecular complexity index is 711. The Morgan fingerprint density at radius 2 is 2.15 bits per heavy atom. The van der Waals surface area contributed by atoms with Crippen molar-refractivity contribution in [3.63, 3.8) is 0 Å². The second-order valence-corrected chi connectivity index (χ2v) is 5.59. The van der Waals surface area contributed by atoms with Crippen LogP contribution in [0.5, 0.6) is 0 Å². The SMILES string of the molecule is O=C1C2C=CC=CC2=NC(=S)N1c1ccc(Br)cc1F. The maximum Gasteiger partial charge on any atom is 0.246 e. The summed E-state index contributed by atoms with van der Waals surface area (Å²) in [7, 11) is 0. The number of hydrogen-bond acceptors (Lipinski definition) is 2. The number of carbonyl (C=O) groups is 1. The summed E-state index contributed by atoms with van der Waals surface area (Å²) in [5.74, 6) is -1.32. The van der Waals surface area contributed by atoms with Crippen molar-refractivity contribution < 1.29 is 9.18 Å². The molecule has 1 unspecified atom stereocenters. The van der Waals surface area contributed by atoms with Crippen molar-refractivity contribution in [1.82, 2.24) is 0 Å². The van der Waals surface area contributed by atoms with Crippen LogP contribution in [0.3, 0.4) is 0 Å². The van der Waals surface area contributed by atoms with Gasteiger partial charge in [-0.15, -0.1) is 0 Å². The molecule has 1 aromatic carbocycles. The fraction of sp³-hybridized carbons (Fsp3) is 0.0714. The molecule has 1 atom stereocenters. The number of anilines is 1. The van der Waals surface area contributed by atoms with Crippen LogP contribution in [-0.4, -0.2) is 16.7 Å². The van der Waals surface area contributed by atoms with Gasteiger partial charge in [0.2, 0.25) is 11.0 Å². The van der Waals surface area contributed by atoms with Crippen LogP contribution >= 0.6 is 28.1 Å². The highest BCUT2D eigenvalue weighted by Gasteiger charge is 2.35. The molecule has 0 fully saturated rings. The van der Waals surface area contributed by atoms with Gasteiger partial charge in [-0.05, 0) is 36.5 Å². The number of nitrogens with zero attached hydrogens (tertiary/aromatic N) is 2. The molecule has 0 radical (unpaired) electrons. The molecule has 0 spiro atoms. The molecule has 2 aliphatic rings. The monoisotopic (exact) mass is 350 g/mol. The molecule has 20 heavy (non-hydrogen) atoms. The molecular weight excluding hydrogens is 343 g/mol. The summed E-state index contributed by atoms with van der Waals surface area (Å²) in [4.78, 5) is 17.9. The number of aliphatic imine (C=N–C) groups is 1. The molecule has 0 bridgehead atoms. The van der Waals surface area contributed by atoms with E-state index in [2.05, 4.69) is 20.9 Å². The lowest BCUT2D eigenvalue weighted by Gasteiger charge is -2.30. The molecule has 0 N–H and O–H groups in total. The zero-order valence-corrected chi connectivity index (χ0v) is 12.5. The third-order valence-electron chi connectivity index (χ3n) is 3.05. The molecule has 1 aromatic rings. The summed E-state index contributed by atoms with van der Waals surface area (Å²) in [6, 6.07) is 4.46. The average Bonchev–Trinajstić information content (AvgIpc) is 2.41. The highest BCUT2D eigenvalue weighted by Crippen LogP contribution is 2.29. The van der Waals surface area contributed by atoms with Crippen molar-refractivity contribution in [1.29, 1.82) is 0 Å². The number of fused-ring (bicyclic) bond motifs is 1. The molecule has 3 rings (SSSR count). The quantitative estimate of drug-likeness (QED) is 0.727. The Morgan fingerprint density at radius 3 is 2.90 bits per heavy atom. The minimum absolute atomic E-state index is 0.0578. The van der Waals surface area contributed by atoms with E-state index in [1.807, 2.05) is 0 Å². The lowest BCUT2D eigenvalue weighted by atomic mass is 9.95. The predicted octanol–water partition coefficient (Wildman–Crippen LogP) is 3.40. The smallest absolute Gasteiger partial charge is 0.246 e. The number of halogens is 2. The predicted molar refractivity (Wildman–Crippen MR) is 83.4 cm³/mol. The number of hydrogen-bond donors (Lipinski definition) is 0. The molecular formula is C14H8BrFN2OS. The largest absolute Gasteiger partial charge is 0.273 e. The zero-order chi connectivity index (χ0) is 14.3. The van der Waals surface area contributed by atoms with E-state index in [0.29, 0.717) is 10.2 Å². The van der Waals surface area contributed by atoms with Crippen LogP contribution in [0.25, 0.3) is 0 Å². The van der Waals surface area contributed by atoms with Crippen molar-refractivity contribution in [2.75, 3.05) is 4.90 Å². The van der Waals surface area contributed by atoms with Crippen LogP contribution < -0.4 is 4.90 Å². The van der Waals surface area contributed by atoms with Gasteiger partial charge in [0, 0.05) is 4.47 Å². The number of allylic oxidation sites excluding steroid dienone is 3. The van der Waals surface area contributed by atoms with E-state index in [9.17, 15) is 9.18 Å². The molecule has 1 heterocycles. The summed E-state index contributed by atoms with van der Waals surface area (Å²) >= 11 is 8.31. The third-order valence-corrected chi connectivity index (χ3v) is 3.82. The van der Waals surface area contributed by atoms with E-state index in [0.717, 1.165) is 4.90 Å².